The zero-order chi connectivity index (χ0) is 20.5. The molecule has 0 aliphatic heterocycles. The summed E-state index contributed by atoms with van der Waals surface area (Å²) in [7, 11) is -3.96. The summed E-state index contributed by atoms with van der Waals surface area (Å²) < 4.78 is 70.9. The number of para-hydroxylation sites is 1. The van der Waals surface area contributed by atoms with Crippen LogP contribution in [0.3, 0.4) is 0 Å². The van der Waals surface area contributed by atoms with Gasteiger partial charge in [-0.3, -0.25) is 4.72 Å². The lowest BCUT2D eigenvalue weighted by molar-refractivity contribution is -0.155. The topological polar surface area (TPSA) is 72.2 Å². The first kappa shape index (κ1) is 19.9. The molecule has 3 rings (SSSR count). The van der Waals surface area contributed by atoms with Crippen molar-refractivity contribution in [2.75, 3.05) is 4.72 Å². The third kappa shape index (κ3) is 4.04. The second-order valence-corrected chi connectivity index (χ2v) is 7.82. The van der Waals surface area contributed by atoms with E-state index in [2.05, 4.69) is 14.4 Å². The van der Waals surface area contributed by atoms with Crippen LogP contribution >= 0.6 is 0 Å². The van der Waals surface area contributed by atoms with E-state index in [9.17, 15) is 21.6 Å². The number of anilines is 1. The van der Waals surface area contributed by atoms with Gasteiger partial charge < -0.3 is 4.52 Å². The van der Waals surface area contributed by atoms with Crippen molar-refractivity contribution in [3.63, 3.8) is 0 Å². The van der Waals surface area contributed by atoms with Crippen molar-refractivity contribution in [2.24, 2.45) is 0 Å². The summed E-state index contributed by atoms with van der Waals surface area (Å²) in [5.74, 6) is -1.25. The van der Waals surface area contributed by atoms with Gasteiger partial charge in [-0.25, -0.2) is 8.42 Å². The van der Waals surface area contributed by atoms with Gasteiger partial charge in [-0.15, -0.1) is 0 Å². The van der Waals surface area contributed by atoms with Crippen LogP contribution in [0.5, 0.6) is 0 Å². The average molecular weight is 410 g/mol. The molecular formula is C19H17F3N2O3S. The summed E-state index contributed by atoms with van der Waals surface area (Å²) >= 11 is 0. The number of benzene rings is 2. The Balaban J connectivity index is 2.00. The number of alkyl halides is 3. The lowest BCUT2D eigenvalue weighted by Gasteiger charge is -2.14. The van der Waals surface area contributed by atoms with Gasteiger partial charge >= 0.3 is 6.18 Å². The van der Waals surface area contributed by atoms with Gasteiger partial charge in [0, 0.05) is 11.6 Å². The Kier molecular flexibility index (Phi) is 5.20. The first-order valence-electron chi connectivity index (χ1n) is 8.37. The molecule has 0 spiro atoms. The Bertz CT molecular complexity index is 1110. The molecule has 1 aromatic heterocycles. The maximum absolute atomic E-state index is 12.9. The normalized spacial score (nSPS) is 12.2. The highest BCUT2D eigenvalue weighted by molar-refractivity contribution is 7.92. The highest BCUT2D eigenvalue weighted by Crippen LogP contribution is 2.33. The van der Waals surface area contributed by atoms with E-state index in [0.29, 0.717) is 17.7 Å². The lowest BCUT2D eigenvalue weighted by Crippen LogP contribution is -2.15. The molecule has 0 fully saturated rings. The number of aryl methyl sites for hydroxylation is 2. The molecule has 0 bridgehead atoms. The third-order valence-electron chi connectivity index (χ3n) is 4.21. The van der Waals surface area contributed by atoms with Crippen LogP contribution in [-0.2, 0) is 22.6 Å². The summed E-state index contributed by atoms with van der Waals surface area (Å²) in [6.07, 6.45) is -4.03. The van der Waals surface area contributed by atoms with Crippen LogP contribution in [0.15, 0.2) is 57.9 Å². The van der Waals surface area contributed by atoms with E-state index in [-0.39, 0.29) is 16.2 Å². The highest BCUT2D eigenvalue weighted by Gasteiger charge is 2.36. The van der Waals surface area contributed by atoms with Gasteiger partial charge in [-0.2, -0.15) is 13.2 Å². The Morgan fingerprint density at radius 1 is 1.11 bits per heavy atom. The highest BCUT2D eigenvalue weighted by atomic mass is 32.2. The number of aromatic nitrogens is 1. The molecule has 5 nitrogen and oxygen atoms in total. The molecule has 1 N–H and O–H groups in total. The summed E-state index contributed by atoms with van der Waals surface area (Å²) in [5.41, 5.74) is 1.83. The van der Waals surface area contributed by atoms with Crippen LogP contribution in [0.4, 0.5) is 18.9 Å². The summed E-state index contributed by atoms with van der Waals surface area (Å²) in [5, 5.41) is 3.41. The first-order valence-corrected chi connectivity index (χ1v) is 9.86. The van der Waals surface area contributed by atoms with Crippen LogP contribution in [-0.4, -0.2) is 13.6 Å². The minimum atomic E-state index is -4.67. The standard InChI is InChI=1S/C19H17F3N2O3S/c1-3-13-6-4-5-7-15(13)24-28(25,26)17-10-14(9-8-12(17)2)16-11-18(27-23-16)19(20,21)22/h4-11,24H,3H2,1-2H3. The molecule has 0 aliphatic rings. The van der Waals surface area contributed by atoms with Crippen molar-refractivity contribution >= 4 is 15.7 Å². The van der Waals surface area contributed by atoms with E-state index in [1.54, 1.807) is 19.1 Å². The average Bonchev–Trinajstić information content (AvgIpc) is 3.12. The number of nitrogens with one attached hydrogen (secondary N) is 1. The molecule has 0 aliphatic carbocycles. The molecule has 28 heavy (non-hydrogen) atoms. The zero-order valence-electron chi connectivity index (χ0n) is 15.0. The van der Waals surface area contributed by atoms with Crippen LogP contribution < -0.4 is 4.72 Å². The molecule has 9 heteroatoms. The van der Waals surface area contributed by atoms with Gasteiger partial charge in [0.05, 0.1) is 10.6 Å². The van der Waals surface area contributed by atoms with E-state index in [1.807, 2.05) is 19.1 Å². The van der Waals surface area contributed by atoms with Crippen molar-refractivity contribution < 1.29 is 26.1 Å². The number of hydrogen-bond donors (Lipinski definition) is 1. The minimum absolute atomic E-state index is 0.0486. The number of nitrogens with zero attached hydrogens (tertiary/aromatic N) is 1. The van der Waals surface area contributed by atoms with E-state index in [0.717, 1.165) is 11.6 Å². The fraction of sp³-hybridized carbons (Fsp3) is 0.211. The maximum atomic E-state index is 12.9. The molecule has 3 aromatic rings. The summed E-state index contributed by atoms with van der Waals surface area (Å²) in [6, 6.07) is 12.0. The van der Waals surface area contributed by atoms with E-state index in [1.165, 1.54) is 18.2 Å². The van der Waals surface area contributed by atoms with E-state index in [4.69, 9.17) is 0 Å². The fourth-order valence-electron chi connectivity index (χ4n) is 2.72. The molecule has 1 heterocycles. The van der Waals surface area contributed by atoms with Crippen LogP contribution in [0.2, 0.25) is 0 Å². The summed E-state index contributed by atoms with van der Waals surface area (Å²) in [6.45, 7) is 3.51. The predicted octanol–water partition coefficient (Wildman–Crippen LogP) is 5.03. The van der Waals surface area contributed by atoms with Crippen LogP contribution in [0.1, 0.15) is 23.8 Å². The fourth-order valence-corrected chi connectivity index (χ4v) is 4.09. The second kappa shape index (κ2) is 7.31. The van der Waals surface area contributed by atoms with Gasteiger partial charge in [0.1, 0.15) is 5.69 Å². The third-order valence-corrected chi connectivity index (χ3v) is 5.71. The van der Waals surface area contributed by atoms with Crippen molar-refractivity contribution in [2.45, 2.75) is 31.3 Å². The number of sulfonamides is 1. The predicted molar refractivity (Wildman–Crippen MR) is 98.3 cm³/mol. The molecule has 0 saturated heterocycles. The molecule has 0 amide bonds. The van der Waals surface area contributed by atoms with Gasteiger partial charge in [-0.05, 0) is 36.6 Å². The quantitative estimate of drug-likeness (QED) is 0.640. The second-order valence-electron chi connectivity index (χ2n) is 6.17. The molecule has 0 unspecified atom stereocenters. The molecule has 148 valence electrons. The maximum Gasteiger partial charge on any atom is 0.452 e. The lowest BCUT2D eigenvalue weighted by atomic mass is 10.1. The Hall–Kier alpha value is -2.81. The monoisotopic (exact) mass is 410 g/mol. The molecule has 0 atom stereocenters. The van der Waals surface area contributed by atoms with Crippen molar-refractivity contribution in [1.29, 1.82) is 0 Å². The van der Waals surface area contributed by atoms with Crippen molar-refractivity contribution in [3.05, 3.63) is 65.4 Å². The Morgan fingerprint density at radius 3 is 2.46 bits per heavy atom. The molecule has 2 aromatic carbocycles. The zero-order valence-corrected chi connectivity index (χ0v) is 15.9. The van der Waals surface area contributed by atoms with E-state index < -0.39 is 22.0 Å². The SMILES string of the molecule is CCc1ccccc1NS(=O)(=O)c1cc(-c2cc(C(F)(F)F)on2)ccc1C. The largest absolute Gasteiger partial charge is 0.452 e. The first-order chi connectivity index (χ1) is 13.1. The number of hydrogen-bond acceptors (Lipinski definition) is 4. The smallest absolute Gasteiger partial charge is 0.351 e. The van der Waals surface area contributed by atoms with Gasteiger partial charge in [0.25, 0.3) is 10.0 Å². The number of rotatable bonds is 5. The molecule has 0 radical (unpaired) electrons. The number of halogens is 3. The van der Waals surface area contributed by atoms with Gasteiger partial charge in [-0.1, -0.05) is 42.4 Å². The van der Waals surface area contributed by atoms with Crippen molar-refractivity contribution in [1.82, 2.24) is 5.16 Å². The Morgan fingerprint density at radius 2 is 1.82 bits per heavy atom. The summed E-state index contributed by atoms with van der Waals surface area (Å²) in [4.78, 5) is -0.0486. The Labute approximate surface area is 160 Å². The molecular weight excluding hydrogens is 393 g/mol. The van der Waals surface area contributed by atoms with Crippen molar-refractivity contribution in [3.8, 4) is 11.3 Å². The van der Waals surface area contributed by atoms with Gasteiger partial charge in [0.15, 0.2) is 0 Å². The van der Waals surface area contributed by atoms with Gasteiger partial charge in [0.2, 0.25) is 5.76 Å². The van der Waals surface area contributed by atoms with Crippen LogP contribution in [0, 0.1) is 6.92 Å². The molecule has 0 saturated carbocycles. The minimum Gasteiger partial charge on any atom is -0.351 e. The van der Waals surface area contributed by atoms with E-state index >= 15 is 0 Å². The van der Waals surface area contributed by atoms with Crippen LogP contribution in [0.25, 0.3) is 11.3 Å².